The van der Waals surface area contributed by atoms with E-state index >= 15 is 0 Å². The van der Waals surface area contributed by atoms with Gasteiger partial charge in [-0.2, -0.15) is 5.10 Å². The summed E-state index contributed by atoms with van der Waals surface area (Å²) < 4.78 is 28.7. The number of aryl methyl sites for hydroxylation is 1. The molecule has 0 aliphatic heterocycles. The van der Waals surface area contributed by atoms with Gasteiger partial charge in [0, 0.05) is 30.9 Å². The van der Waals surface area contributed by atoms with Gasteiger partial charge in [-0.25, -0.2) is 8.78 Å². The molecule has 1 aromatic heterocycles. The summed E-state index contributed by atoms with van der Waals surface area (Å²) in [4.78, 5) is 0. The van der Waals surface area contributed by atoms with Gasteiger partial charge in [0.15, 0.2) is 0 Å². The number of hydrogen-bond donors (Lipinski definition) is 1. The van der Waals surface area contributed by atoms with E-state index in [1.54, 1.807) is 10.9 Å². The zero-order valence-corrected chi connectivity index (χ0v) is 11.6. The van der Waals surface area contributed by atoms with Crippen LogP contribution in [0.4, 0.5) is 14.5 Å². The maximum absolute atomic E-state index is 13.6. The number of halogens is 3. The first kappa shape index (κ1) is 13.0. The van der Waals surface area contributed by atoms with E-state index in [-0.39, 0.29) is 10.2 Å². The number of aromatic nitrogens is 2. The highest BCUT2D eigenvalue weighted by atomic mass is 79.9. The van der Waals surface area contributed by atoms with E-state index in [4.69, 9.17) is 0 Å². The Labute approximate surface area is 112 Å². The topological polar surface area (TPSA) is 29.9 Å². The molecule has 0 atom stereocenters. The fourth-order valence-electron chi connectivity index (χ4n) is 1.57. The molecule has 1 N–H and O–H groups in total. The van der Waals surface area contributed by atoms with Gasteiger partial charge in [0.2, 0.25) is 0 Å². The van der Waals surface area contributed by atoms with Crippen LogP contribution in [0.25, 0.3) is 0 Å². The molecule has 0 unspecified atom stereocenters. The van der Waals surface area contributed by atoms with Crippen LogP contribution in [0.5, 0.6) is 0 Å². The number of benzene rings is 1. The predicted octanol–water partition coefficient (Wildman–Crippen LogP) is 3.38. The Kier molecular flexibility index (Phi) is 3.65. The van der Waals surface area contributed by atoms with Gasteiger partial charge in [0.25, 0.3) is 0 Å². The second kappa shape index (κ2) is 5.06. The summed E-state index contributed by atoms with van der Waals surface area (Å²) in [7, 11) is 1.83. The predicted molar refractivity (Wildman–Crippen MR) is 69.3 cm³/mol. The van der Waals surface area contributed by atoms with E-state index in [2.05, 4.69) is 26.3 Å². The van der Waals surface area contributed by atoms with Gasteiger partial charge in [-0.15, -0.1) is 0 Å². The normalized spacial score (nSPS) is 10.7. The molecule has 0 aliphatic carbocycles. The molecule has 3 nitrogen and oxygen atoms in total. The Balaban J connectivity index is 2.16. The Morgan fingerprint density at radius 1 is 1.33 bits per heavy atom. The van der Waals surface area contributed by atoms with Crippen molar-refractivity contribution in [1.29, 1.82) is 0 Å². The van der Waals surface area contributed by atoms with Crippen molar-refractivity contribution < 1.29 is 8.78 Å². The third kappa shape index (κ3) is 2.53. The molecule has 0 saturated heterocycles. The monoisotopic (exact) mass is 315 g/mol. The largest absolute Gasteiger partial charge is 0.378 e. The number of rotatable bonds is 3. The quantitative estimate of drug-likeness (QED) is 0.880. The number of nitrogens with zero attached hydrogens (tertiary/aromatic N) is 2. The van der Waals surface area contributed by atoms with Crippen molar-refractivity contribution >= 4 is 21.6 Å². The van der Waals surface area contributed by atoms with Gasteiger partial charge in [0.05, 0.1) is 16.4 Å². The van der Waals surface area contributed by atoms with E-state index in [1.165, 1.54) is 0 Å². The van der Waals surface area contributed by atoms with Crippen LogP contribution in [0, 0.1) is 18.6 Å². The second-order valence-corrected chi connectivity index (χ2v) is 4.83. The summed E-state index contributed by atoms with van der Waals surface area (Å²) in [6.07, 6.45) is 1.70. The summed E-state index contributed by atoms with van der Waals surface area (Å²) in [6, 6.07) is 2.24. The molecule has 0 radical (unpaired) electrons. The molecule has 1 aromatic carbocycles. The lowest BCUT2D eigenvalue weighted by molar-refractivity contribution is 0.596. The van der Waals surface area contributed by atoms with Crippen molar-refractivity contribution in [2.45, 2.75) is 13.5 Å². The van der Waals surface area contributed by atoms with E-state index in [9.17, 15) is 8.78 Å². The lowest BCUT2D eigenvalue weighted by Gasteiger charge is -2.08. The smallest absolute Gasteiger partial charge is 0.147 e. The first-order valence-corrected chi connectivity index (χ1v) is 6.14. The fraction of sp³-hybridized carbons (Fsp3) is 0.250. The summed E-state index contributed by atoms with van der Waals surface area (Å²) >= 11 is 2.94. The molecule has 2 aromatic rings. The first-order chi connectivity index (χ1) is 8.49. The van der Waals surface area contributed by atoms with Gasteiger partial charge in [0.1, 0.15) is 11.6 Å². The van der Waals surface area contributed by atoms with Crippen LogP contribution < -0.4 is 5.32 Å². The SMILES string of the molecule is Cc1c(CNc2cc(F)c(Br)cc2F)cnn1C. The molecule has 2 rings (SSSR count). The molecule has 0 spiro atoms. The lowest BCUT2D eigenvalue weighted by atomic mass is 10.2. The van der Waals surface area contributed by atoms with Crippen LogP contribution in [0.1, 0.15) is 11.3 Å². The zero-order chi connectivity index (χ0) is 13.3. The van der Waals surface area contributed by atoms with Crippen molar-refractivity contribution in [3.05, 3.63) is 45.7 Å². The summed E-state index contributed by atoms with van der Waals surface area (Å²) in [5.41, 5.74) is 2.07. The molecule has 1 heterocycles. The van der Waals surface area contributed by atoms with Crippen LogP contribution in [0.15, 0.2) is 22.8 Å². The molecule has 0 fully saturated rings. The van der Waals surface area contributed by atoms with Crippen LogP contribution in [-0.4, -0.2) is 9.78 Å². The standard InChI is InChI=1S/C12H12BrF2N3/c1-7-8(6-17-18(7)2)5-16-12-4-10(14)9(13)3-11(12)15/h3-4,6,16H,5H2,1-2H3. The summed E-state index contributed by atoms with van der Waals surface area (Å²) in [6.45, 7) is 2.32. The number of anilines is 1. The summed E-state index contributed by atoms with van der Waals surface area (Å²) in [5.74, 6) is -0.994. The molecule has 96 valence electrons. The minimum absolute atomic E-state index is 0.114. The maximum atomic E-state index is 13.6. The highest BCUT2D eigenvalue weighted by Crippen LogP contribution is 2.23. The fourth-order valence-corrected chi connectivity index (χ4v) is 1.88. The van der Waals surface area contributed by atoms with E-state index < -0.39 is 11.6 Å². The first-order valence-electron chi connectivity index (χ1n) is 5.35. The van der Waals surface area contributed by atoms with Crippen molar-refractivity contribution in [3.8, 4) is 0 Å². The third-order valence-electron chi connectivity index (χ3n) is 2.82. The minimum Gasteiger partial charge on any atom is -0.378 e. The Morgan fingerprint density at radius 3 is 2.67 bits per heavy atom. The van der Waals surface area contributed by atoms with Gasteiger partial charge >= 0.3 is 0 Å². The molecule has 0 bridgehead atoms. The van der Waals surface area contributed by atoms with E-state index in [0.29, 0.717) is 6.54 Å². The Morgan fingerprint density at radius 2 is 2.06 bits per heavy atom. The molecule has 0 saturated carbocycles. The molecule has 6 heteroatoms. The molecule has 18 heavy (non-hydrogen) atoms. The average molecular weight is 316 g/mol. The third-order valence-corrected chi connectivity index (χ3v) is 3.42. The minimum atomic E-state index is -0.498. The summed E-state index contributed by atoms with van der Waals surface area (Å²) in [5, 5.41) is 6.95. The van der Waals surface area contributed by atoms with Gasteiger partial charge < -0.3 is 5.32 Å². The van der Waals surface area contributed by atoms with Crippen molar-refractivity contribution in [1.82, 2.24) is 9.78 Å². The van der Waals surface area contributed by atoms with Gasteiger partial charge in [-0.1, -0.05) is 0 Å². The van der Waals surface area contributed by atoms with Crippen molar-refractivity contribution in [2.24, 2.45) is 7.05 Å². The average Bonchev–Trinajstić information content (AvgIpc) is 2.63. The molecular formula is C12H12BrF2N3. The van der Waals surface area contributed by atoms with Crippen LogP contribution >= 0.6 is 15.9 Å². The Bertz CT molecular complexity index is 581. The highest BCUT2D eigenvalue weighted by molar-refractivity contribution is 9.10. The van der Waals surface area contributed by atoms with Crippen LogP contribution in [0.2, 0.25) is 0 Å². The van der Waals surface area contributed by atoms with E-state index in [0.717, 1.165) is 23.4 Å². The van der Waals surface area contributed by atoms with Crippen LogP contribution in [-0.2, 0) is 13.6 Å². The second-order valence-electron chi connectivity index (χ2n) is 3.98. The lowest BCUT2D eigenvalue weighted by Crippen LogP contribution is -2.03. The maximum Gasteiger partial charge on any atom is 0.147 e. The molecule has 0 aliphatic rings. The van der Waals surface area contributed by atoms with Crippen molar-refractivity contribution in [2.75, 3.05) is 5.32 Å². The molecule has 0 amide bonds. The molecular weight excluding hydrogens is 304 g/mol. The van der Waals surface area contributed by atoms with E-state index in [1.807, 2.05) is 14.0 Å². The Hall–Kier alpha value is -1.43. The number of hydrogen-bond acceptors (Lipinski definition) is 2. The zero-order valence-electron chi connectivity index (χ0n) is 9.97. The van der Waals surface area contributed by atoms with Gasteiger partial charge in [-0.3, -0.25) is 4.68 Å². The van der Waals surface area contributed by atoms with Gasteiger partial charge in [-0.05, 0) is 28.9 Å². The highest BCUT2D eigenvalue weighted by Gasteiger charge is 2.09. The van der Waals surface area contributed by atoms with Crippen molar-refractivity contribution in [3.63, 3.8) is 0 Å². The number of nitrogens with one attached hydrogen (secondary N) is 1. The van der Waals surface area contributed by atoms with Crippen LogP contribution in [0.3, 0.4) is 0 Å².